The molecule has 38 heavy (non-hydrogen) atoms. The summed E-state index contributed by atoms with van der Waals surface area (Å²) in [7, 11) is -3.27. The molecule has 1 aliphatic carbocycles. The highest BCUT2D eigenvalue weighted by Crippen LogP contribution is 2.39. The van der Waals surface area contributed by atoms with E-state index in [0.717, 1.165) is 23.4 Å². The minimum absolute atomic E-state index is 0.000168. The molecule has 0 spiro atoms. The molecule has 1 aliphatic heterocycles. The van der Waals surface area contributed by atoms with Crippen LogP contribution < -0.4 is 9.62 Å². The molecule has 1 aromatic heterocycles. The van der Waals surface area contributed by atoms with Crippen LogP contribution in [0.5, 0.6) is 0 Å². The van der Waals surface area contributed by atoms with Crippen LogP contribution in [0.15, 0.2) is 70.7 Å². The zero-order valence-electron chi connectivity index (χ0n) is 20.2. The van der Waals surface area contributed by atoms with Crippen molar-refractivity contribution >= 4 is 61.2 Å². The highest BCUT2D eigenvalue weighted by atomic mass is 35.5. The molecule has 1 N–H and O–H groups in total. The fraction of sp³-hybridized carbons (Fsp3) is 0.222. The predicted molar refractivity (Wildman–Crippen MR) is 150 cm³/mol. The zero-order valence-corrected chi connectivity index (χ0v) is 22.6. The summed E-state index contributed by atoms with van der Waals surface area (Å²) in [6, 6.07) is 12.7. The Bertz CT molecular complexity index is 1590. The fourth-order valence-corrected chi connectivity index (χ4v) is 6.89. The average Bonchev–Trinajstić information content (AvgIpc) is 3.72. The van der Waals surface area contributed by atoms with Crippen molar-refractivity contribution in [3.05, 3.63) is 87.7 Å². The molecule has 0 amide bonds. The highest BCUT2D eigenvalue weighted by molar-refractivity contribution is 8.04. The van der Waals surface area contributed by atoms with Gasteiger partial charge in [-0.05, 0) is 62.1 Å². The number of aromatic nitrogens is 1. The number of nitrogens with zero attached hydrogens (tertiary/aromatic N) is 3. The average molecular weight is 579 g/mol. The van der Waals surface area contributed by atoms with Crippen molar-refractivity contribution in [2.24, 2.45) is 4.99 Å². The Kier molecular flexibility index (Phi) is 7.19. The Morgan fingerprint density at radius 2 is 1.84 bits per heavy atom. The van der Waals surface area contributed by atoms with Crippen molar-refractivity contribution in [3.8, 4) is 0 Å². The topological polar surface area (TPSA) is 57.6 Å². The summed E-state index contributed by atoms with van der Waals surface area (Å²) in [5, 5.41) is -0.165. The molecule has 11 heteroatoms. The molecular formula is C27H23Cl2F3N4OS. The van der Waals surface area contributed by atoms with Crippen LogP contribution in [0.2, 0.25) is 10.0 Å². The van der Waals surface area contributed by atoms with Crippen molar-refractivity contribution in [2.45, 2.75) is 37.3 Å². The number of aryl methyl sites for hydroxylation is 1. The standard InChI is InChI=1S/C27H23Cl2F3N4OS/c1-17-5-2-3-6-24(17)36-16-33-12-4-7-25(36)26-23(13-18(28)15-34-26)35-38(37,19-8-9-19)20-10-11-22(29)21(14-20)27(30,31)32/h2-3,5-7,10-11,13-16H,4,8-9,12H2,1H3,(H,35,37). The first kappa shape index (κ1) is 26.6. The van der Waals surface area contributed by atoms with Gasteiger partial charge in [-0.2, -0.15) is 13.2 Å². The van der Waals surface area contributed by atoms with Gasteiger partial charge in [-0.15, -0.1) is 0 Å². The van der Waals surface area contributed by atoms with Crippen LogP contribution in [-0.2, 0) is 15.9 Å². The Labute approximate surface area is 229 Å². The number of para-hydroxylation sites is 1. The number of nitrogens with one attached hydrogen (secondary N) is 1. The predicted octanol–water partition coefficient (Wildman–Crippen LogP) is 7.63. The third-order valence-corrected chi connectivity index (χ3v) is 9.40. The Morgan fingerprint density at radius 3 is 2.55 bits per heavy atom. The molecule has 0 bridgehead atoms. The van der Waals surface area contributed by atoms with Crippen molar-refractivity contribution in [1.29, 1.82) is 0 Å². The van der Waals surface area contributed by atoms with Gasteiger partial charge >= 0.3 is 6.18 Å². The lowest BCUT2D eigenvalue weighted by Gasteiger charge is -2.26. The summed E-state index contributed by atoms with van der Waals surface area (Å²) in [6.07, 6.45) is 2.20. The molecule has 0 radical (unpaired) electrons. The molecule has 1 fully saturated rings. The molecule has 5 rings (SSSR count). The van der Waals surface area contributed by atoms with E-state index >= 15 is 0 Å². The van der Waals surface area contributed by atoms with E-state index in [1.165, 1.54) is 12.3 Å². The number of rotatable bonds is 5. The molecule has 1 saturated carbocycles. The van der Waals surface area contributed by atoms with Gasteiger partial charge < -0.3 is 4.72 Å². The number of alkyl halides is 3. The Balaban J connectivity index is 1.64. The zero-order chi connectivity index (χ0) is 27.1. The van der Waals surface area contributed by atoms with Crippen LogP contribution in [0.3, 0.4) is 0 Å². The number of halogens is 5. The van der Waals surface area contributed by atoms with Gasteiger partial charge in [0, 0.05) is 23.3 Å². The molecule has 1 atom stereocenters. The van der Waals surface area contributed by atoms with Gasteiger partial charge in [0.05, 0.1) is 47.9 Å². The van der Waals surface area contributed by atoms with Crippen LogP contribution in [0.4, 0.5) is 24.5 Å². The lowest BCUT2D eigenvalue weighted by Crippen LogP contribution is -2.23. The van der Waals surface area contributed by atoms with Crippen LogP contribution in [0, 0.1) is 6.92 Å². The van der Waals surface area contributed by atoms with E-state index in [2.05, 4.69) is 14.7 Å². The third kappa shape index (κ3) is 5.28. The van der Waals surface area contributed by atoms with E-state index < -0.39 is 26.5 Å². The second-order valence-corrected chi connectivity index (χ2v) is 12.2. The van der Waals surface area contributed by atoms with Gasteiger partial charge in [0.25, 0.3) is 0 Å². The number of pyridine rings is 1. The van der Waals surface area contributed by atoms with Crippen LogP contribution in [-0.4, -0.2) is 26.9 Å². The Morgan fingerprint density at radius 1 is 1.08 bits per heavy atom. The van der Waals surface area contributed by atoms with Gasteiger partial charge in [-0.1, -0.05) is 47.5 Å². The normalized spacial score (nSPS) is 17.1. The maximum Gasteiger partial charge on any atom is 0.417 e. The first-order chi connectivity index (χ1) is 18.1. The molecule has 2 heterocycles. The quantitative estimate of drug-likeness (QED) is 0.316. The number of hydrogen-bond acceptors (Lipinski definition) is 4. The number of aliphatic imine (C=N–C) groups is 1. The van der Waals surface area contributed by atoms with E-state index in [0.29, 0.717) is 47.8 Å². The molecular weight excluding hydrogens is 556 g/mol. The second kappa shape index (κ2) is 10.3. The van der Waals surface area contributed by atoms with Crippen molar-refractivity contribution in [2.75, 3.05) is 16.2 Å². The Hall–Kier alpha value is -3.01. The van der Waals surface area contributed by atoms with Crippen molar-refractivity contribution in [1.82, 2.24) is 4.98 Å². The van der Waals surface area contributed by atoms with Gasteiger partial charge in [0.15, 0.2) is 0 Å². The summed E-state index contributed by atoms with van der Waals surface area (Å²) >= 11 is 12.2. The molecule has 198 valence electrons. The molecule has 5 nitrogen and oxygen atoms in total. The van der Waals surface area contributed by atoms with Crippen molar-refractivity contribution < 1.29 is 17.4 Å². The third-order valence-electron chi connectivity index (χ3n) is 6.21. The van der Waals surface area contributed by atoms with Gasteiger partial charge in [0.1, 0.15) is 5.69 Å². The second-order valence-electron chi connectivity index (χ2n) is 8.94. The summed E-state index contributed by atoms with van der Waals surface area (Å²) in [6.45, 7) is 2.55. The monoisotopic (exact) mass is 578 g/mol. The lowest BCUT2D eigenvalue weighted by molar-refractivity contribution is -0.137. The lowest BCUT2D eigenvalue weighted by atomic mass is 10.1. The smallest absolute Gasteiger partial charge is 0.307 e. The first-order valence-electron chi connectivity index (χ1n) is 11.8. The number of hydrogen-bond donors (Lipinski definition) is 1. The van der Waals surface area contributed by atoms with E-state index in [1.807, 2.05) is 42.2 Å². The SMILES string of the molecule is Cc1ccccc1N1C=NCCC=C1c1ncc(Cl)cc1NS(=O)(=C1CC1)c1ccc(Cl)c(C(F)(F)F)c1. The largest absolute Gasteiger partial charge is 0.417 e. The minimum Gasteiger partial charge on any atom is -0.307 e. The first-order valence-corrected chi connectivity index (χ1v) is 14.1. The molecule has 1 unspecified atom stereocenters. The van der Waals surface area contributed by atoms with E-state index in [9.17, 15) is 17.4 Å². The fourth-order valence-electron chi connectivity index (χ4n) is 4.22. The molecule has 3 aromatic rings. The summed E-state index contributed by atoms with van der Waals surface area (Å²) in [4.78, 5) is 11.6. The maximum atomic E-state index is 14.4. The highest BCUT2D eigenvalue weighted by Gasteiger charge is 2.36. The van der Waals surface area contributed by atoms with Crippen LogP contribution in [0.1, 0.15) is 36.1 Å². The molecule has 2 aromatic carbocycles. The van der Waals surface area contributed by atoms with E-state index in [1.54, 1.807) is 12.4 Å². The minimum atomic E-state index is -4.69. The van der Waals surface area contributed by atoms with E-state index in [-0.39, 0.29) is 9.92 Å². The molecule has 0 saturated heterocycles. The summed E-state index contributed by atoms with van der Waals surface area (Å²) < 4.78 is 58.4. The van der Waals surface area contributed by atoms with E-state index in [4.69, 9.17) is 23.2 Å². The summed E-state index contributed by atoms with van der Waals surface area (Å²) in [5.41, 5.74) is 2.33. The van der Waals surface area contributed by atoms with Crippen LogP contribution in [0.25, 0.3) is 5.70 Å². The molecule has 2 aliphatic rings. The summed E-state index contributed by atoms with van der Waals surface area (Å²) in [5.74, 6) is 0. The van der Waals surface area contributed by atoms with Crippen LogP contribution >= 0.6 is 23.2 Å². The van der Waals surface area contributed by atoms with Crippen molar-refractivity contribution in [3.63, 3.8) is 0 Å². The number of anilines is 2. The number of benzene rings is 2. The van der Waals surface area contributed by atoms with Gasteiger partial charge in [0.2, 0.25) is 0 Å². The maximum absolute atomic E-state index is 14.4. The van der Waals surface area contributed by atoms with Gasteiger partial charge in [-0.25, -0.2) is 4.21 Å². The van der Waals surface area contributed by atoms with Gasteiger partial charge in [-0.3, -0.25) is 14.9 Å².